The highest BCUT2D eigenvalue weighted by molar-refractivity contribution is 5.77. The van der Waals surface area contributed by atoms with Crippen LogP contribution in [0.5, 0.6) is 0 Å². The lowest BCUT2D eigenvalue weighted by molar-refractivity contribution is -0.125. The topological polar surface area (TPSA) is 98.3 Å². The molecule has 3 heterocycles. The molecule has 2 aromatic heterocycles. The summed E-state index contributed by atoms with van der Waals surface area (Å²) in [6.45, 7) is 4.20. The predicted octanol–water partition coefficient (Wildman–Crippen LogP) is 0.486. The molecule has 0 saturated carbocycles. The molecule has 2 aromatic rings. The molecule has 0 spiro atoms. The molecule has 26 heavy (non-hydrogen) atoms. The van der Waals surface area contributed by atoms with E-state index < -0.39 is 0 Å². The Morgan fingerprint density at radius 3 is 3.00 bits per heavy atom. The largest absolute Gasteiger partial charge is 0.375 e. The van der Waals surface area contributed by atoms with Gasteiger partial charge in [0.1, 0.15) is 6.61 Å². The van der Waals surface area contributed by atoms with Crippen molar-refractivity contribution in [3.05, 3.63) is 29.7 Å². The van der Waals surface area contributed by atoms with Gasteiger partial charge < -0.3 is 14.6 Å². The molecule has 2 atom stereocenters. The molecule has 0 bridgehead atoms. The quantitative estimate of drug-likeness (QED) is 0.729. The van der Waals surface area contributed by atoms with Crippen LogP contribution in [-0.2, 0) is 29.5 Å². The predicted molar refractivity (Wildman–Crippen MR) is 93.3 cm³/mol. The van der Waals surface area contributed by atoms with Crippen molar-refractivity contribution in [2.45, 2.75) is 38.3 Å². The number of nitrogens with zero attached hydrogens (tertiary/aromatic N) is 5. The second-order valence-electron chi connectivity index (χ2n) is 6.64. The van der Waals surface area contributed by atoms with Crippen molar-refractivity contribution in [1.82, 2.24) is 30.1 Å². The number of aryl methyl sites for hydroxylation is 2. The van der Waals surface area contributed by atoms with Gasteiger partial charge in [-0.2, -0.15) is 10.1 Å². The summed E-state index contributed by atoms with van der Waals surface area (Å²) < 4.78 is 12.1. The molecule has 3 rings (SSSR count). The van der Waals surface area contributed by atoms with Gasteiger partial charge in [-0.3, -0.25) is 14.4 Å². The molecule has 1 amide bonds. The van der Waals surface area contributed by atoms with E-state index in [0.717, 1.165) is 30.9 Å². The molecular formula is C17H26N6O3. The summed E-state index contributed by atoms with van der Waals surface area (Å²) in [6, 6.07) is 1.97. The lowest BCUT2D eigenvalue weighted by atomic mass is 9.99. The van der Waals surface area contributed by atoms with E-state index in [1.165, 1.54) is 7.11 Å². The highest BCUT2D eigenvalue weighted by Gasteiger charge is 2.36. The number of carbonyl (C=O) groups is 1. The fourth-order valence-electron chi connectivity index (χ4n) is 3.46. The average Bonchev–Trinajstić information content (AvgIpc) is 3.30. The van der Waals surface area contributed by atoms with Crippen LogP contribution in [-0.4, -0.2) is 63.6 Å². The number of ether oxygens (including phenoxy) is 1. The van der Waals surface area contributed by atoms with Crippen molar-refractivity contribution < 1.29 is 14.1 Å². The Hall–Kier alpha value is -2.26. The van der Waals surface area contributed by atoms with Gasteiger partial charge in [-0.25, -0.2) is 0 Å². The highest BCUT2D eigenvalue weighted by atomic mass is 16.5. The molecular weight excluding hydrogens is 336 g/mol. The van der Waals surface area contributed by atoms with E-state index in [4.69, 9.17) is 9.26 Å². The van der Waals surface area contributed by atoms with Crippen molar-refractivity contribution >= 4 is 5.91 Å². The van der Waals surface area contributed by atoms with Gasteiger partial charge in [0.05, 0.1) is 12.6 Å². The highest BCUT2D eigenvalue weighted by Crippen LogP contribution is 2.28. The van der Waals surface area contributed by atoms with E-state index in [1.54, 1.807) is 6.20 Å². The summed E-state index contributed by atoms with van der Waals surface area (Å²) in [5.74, 6) is 1.38. The Bertz CT molecular complexity index is 728. The minimum atomic E-state index is -0.116. The summed E-state index contributed by atoms with van der Waals surface area (Å²) >= 11 is 0. The molecule has 142 valence electrons. The van der Waals surface area contributed by atoms with Crippen molar-refractivity contribution in [2.75, 3.05) is 26.8 Å². The standard InChI is InChI=1S/C17H26N6O3/c1-4-5-15-20-17(26-21-15)10-23-8-12(14-6-7-18-22(14)2)13(9-23)19-16(24)11-25-3/h6-7,12-13H,4-5,8-11H2,1-3H3,(H,19,24)/t12-,13-/m1/s1. The normalized spacial score (nSPS) is 20.6. The summed E-state index contributed by atoms with van der Waals surface area (Å²) in [7, 11) is 3.43. The minimum Gasteiger partial charge on any atom is -0.375 e. The molecule has 1 aliphatic rings. The number of aromatic nitrogens is 4. The molecule has 1 fully saturated rings. The maximum absolute atomic E-state index is 12.0. The van der Waals surface area contributed by atoms with Crippen molar-refractivity contribution in [3.8, 4) is 0 Å². The molecule has 0 aliphatic carbocycles. The van der Waals surface area contributed by atoms with Gasteiger partial charge in [0.25, 0.3) is 0 Å². The first-order chi connectivity index (χ1) is 12.6. The number of carbonyl (C=O) groups excluding carboxylic acids is 1. The fourth-order valence-corrected chi connectivity index (χ4v) is 3.46. The Morgan fingerprint density at radius 2 is 2.31 bits per heavy atom. The Kier molecular flexibility index (Phi) is 6.00. The van der Waals surface area contributed by atoms with Crippen LogP contribution in [0.4, 0.5) is 0 Å². The number of rotatable bonds is 8. The van der Waals surface area contributed by atoms with Crippen LogP contribution in [0.25, 0.3) is 0 Å². The van der Waals surface area contributed by atoms with E-state index in [-0.39, 0.29) is 24.5 Å². The van der Waals surface area contributed by atoms with E-state index >= 15 is 0 Å². The van der Waals surface area contributed by atoms with Gasteiger partial charge >= 0.3 is 0 Å². The van der Waals surface area contributed by atoms with Gasteiger partial charge in [0.15, 0.2) is 5.82 Å². The van der Waals surface area contributed by atoms with E-state index in [2.05, 4.69) is 32.4 Å². The maximum atomic E-state index is 12.0. The van der Waals surface area contributed by atoms with Crippen molar-refractivity contribution in [1.29, 1.82) is 0 Å². The number of methoxy groups -OCH3 is 1. The lowest BCUT2D eigenvalue weighted by Gasteiger charge is -2.20. The van der Waals surface area contributed by atoms with Crippen LogP contribution in [0.2, 0.25) is 0 Å². The van der Waals surface area contributed by atoms with Gasteiger partial charge in [0, 0.05) is 51.5 Å². The second kappa shape index (κ2) is 8.41. The number of amides is 1. The second-order valence-corrected chi connectivity index (χ2v) is 6.64. The number of hydrogen-bond donors (Lipinski definition) is 1. The van der Waals surface area contributed by atoms with Crippen molar-refractivity contribution in [3.63, 3.8) is 0 Å². The molecule has 9 nitrogen and oxygen atoms in total. The van der Waals surface area contributed by atoms with E-state index in [9.17, 15) is 4.79 Å². The Labute approximate surface area is 152 Å². The molecule has 9 heteroatoms. The molecule has 1 N–H and O–H groups in total. The van der Waals surface area contributed by atoms with E-state index in [0.29, 0.717) is 19.0 Å². The van der Waals surface area contributed by atoms with Crippen molar-refractivity contribution in [2.24, 2.45) is 7.05 Å². The minimum absolute atomic E-state index is 0.0221. The summed E-state index contributed by atoms with van der Waals surface area (Å²) in [6.07, 6.45) is 3.58. The molecule has 0 unspecified atom stereocenters. The summed E-state index contributed by atoms with van der Waals surface area (Å²) in [5, 5.41) is 11.3. The zero-order valence-electron chi connectivity index (χ0n) is 15.5. The monoisotopic (exact) mass is 362 g/mol. The molecule has 1 saturated heterocycles. The number of hydrogen-bond acceptors (Lipinski definition) is 7. The van der Waals surface area contributed by atoms with Crippen LogP contribution in [0.1, 0.15) is 36.7 Å². The third-order valence-corrected chi connectivity index (χ3v) is 4.60. The number of likely N-dealkylation sites (tertiary alicyclic amines) is 1. The number of nitrogens with one attached hydrogen (secondary N) is 1. The zero-order valence-corrected chi connectivity index (χ0v) is 15.5. The SMILES string of the molecule is CCCc1noc(CN2C[C@@H](NC(=O)COC)[C@H](c3ccnn3C)C2)n1. The Morgan fingerprint density at radius 1 is 1.46 bits per heavy atom. The summed E-state index contributed by atoms with van der Waals surface area (Å²) in [4.78, 5) is 18.7. The summed E-state index contributed by atoms with van der Waals surface area (Å²) in [5.41, 5.74) is 1.09. The van der Waals surface area contributed by atoms with Gasteiger partial charge in [-0.1, -0.05) is 12.1 Å². The first kappa shape index (κ1) is 18.5. The maximum Gasteiger partial charge on any atom is 0.246 e. The smallest absolute Gasteiger partial charge is 0.246 e. The van der Waals surface area contributed by atoms with Crippen LogP contribution in [0, 0.1) is 0 Å². The molecule has 1 aliphatic heterocycles. The van der Waals surface area contributed by atoms with Crippen LogP contribution in [0.15, 0.2) is 16.8 Å². The van der Waals surface area contributed by atoms with E-state index in [1.807, 2.05) is 17.8 Å². The van der Waals surface area contributed by atoms with Gasteiger partial charge in [0.2, 0.25) is 11.8 Å². The van der Waals surface area contributed by atoms with Crippen LogP contribution >= 0.6 is 0 Å². The van der Waals surface area contributed by atoms with Crippen LogP contribution < -0.4 is 5.32 Å². The third-order valence-electron chi connectivity index (χ3n) is 4.60. The first-order valence-corrected chi connectivity index (χ1v) is 8.90. The lowest BCUT2D eigenvalue weighted by Crippen LogP contribution is -2.41. The van der Waals surface area contributed by atoms with Crippen LogP contribution in [0.3, 0.4) is 0 Å². The fraction of sp³-hybridized carbons (Fsp3) is 0.647. The molecule has 0 aromatic carbocycles. The Balaban J connectivity index is 1.70. The van der Waals surface area contributed by atoms with Gasteiger partial charge in [-0.05, 0) is 12.5 Å². The zero-order chi connectivity index (χ0) is 18.5. The third kappa shape index (κ3) is 4.28. The van der Waals surface area contributed by atoms with Gasteiger partial charge in [-0.15, -0.1) is 0 Å². The first-order valence-electron chi connectivity index (χ1n) is 8.90. The molecule has 0 radical (unpaired) electrons. The average molecular weight is 362 g/mol.